The van der Waals surface area contributed by atoms with Gasteiger partial charge in [-0.3, -0.25) is 34.2 Å². The van der Waals surface area contributed by atoms with Crippen LogP contribution in [0.3, 0.4) is 0 Å². The number of hydrogen-bond donors (Lipinski definition) is 0. The molecule has 2 rings (SSSR count). The molecule has 1 saturated heterocycles. The summed E-state index contributed by atoms with van der Waals surface area (Å²) in [4.78, 5) is 58.5. The highest BCUT2D eigenvalue weighted by Gasteiger charge is 2.37. The quantitative estimate of drug-likeness (QED) is 0.210. The number of thioether (sulfide) groups is 1. The largest absolute Gasteiger partial charge is 0.485 e. The van der Waals surface area contributed by atoms with Crippen LogP contribution in [-0.2, 0) is 19.1 Å². The third kappa shape index (κ3) is 4.90. The second kappa shape index (κ2) is 9.19. The van der Waals surface area contributed by atoms with Crippen LogP contribution in [0.5, 0.6) is 11.5 Å². The maximum atomic E-state index is 12.4. The lowest BCUT2D eigenvalue weighted by molar-refractivity contribution is -0.386. The van der Waals surface area contributed by atoms with E-state index < -0.39 is 40.2 Å². The summed E-state index contributed by atoms with van der Waals surface area (Å²) in [6, 6.07) is 2.54. The van der Waals surface area contributed by atoms with E-state index in [1.54, 1.807) is 6.92 Å². The van der Waals surface area contributed by atoms with E-state index in [2.05, 4.69) is 4.74 Å². The number of imide groups is 1. The third-order valence-corrected chi connectivity index (χ3v) is 4.43. The Morgan fingerprint density at radius 3 is 2.55 bits per heavy atom. The molecule has 1 aromatic carbocycles. The Kier molecular flexibility index (Phi) is 6.93. The summed E-state index contributed by atoms with van der Waals surface area (Å²) < 4.78 is 14.7. The second-order valence-electron chi connectivity index (χ2n) is 5.46. The molecule has 0 spiro atoms. The Morgan fingerprint density at radius 1 is 1.31 bits per heavy atom. The smallest absolute Gasteiger partial charge is 0.325 e. The summed E-state index contributed by atoms with van der Waals surface area (Å²) >= 11 is 0.526. The van der Waals surface area contributed by atoms with Crippen molar-refractivity contribution in [2.24, 2.45) is 0 Å². The number of nitrogens with zero attached hydrogens (tertiary/aromatic N) is 2. The topological polar surface area (TPSA) is 142 Å². The van der Waals surface area contributed by atoms with E-state index in [1.165, 1.54) is 12.1 Å². The Hall–Kier alpha value is -3.41. The van der Waals surface area contributed by atoms with Gasteiger partial charge in [-0.1, -0.05) is 0 Å². The van der Waals surface area contributed by atoms with Crippen molar-refractivity contribution >= 4 is 46.6 Å². The molecule has 0 unspecified atom stereocenters. The molecule has 0 N–H and O–H groups in total. The first kappa shape index (κ1) is 21.9. The van der Waals surface area contributed by atoms with E-state index in [9.17, 15) is 29.3 Å². The molecule has 1 fully saturated rings. The average molecular weight is 424 g/mol. The van der Waals surface area contributed by atoms with E-state index in [0.717, 1.165) is 20.1 Å². The van der Waals surface area contributed by atoms with Gasteiger partial charge in [0.15, 0.2) is 5.75 Å². The van der Waals surface area contributed by atoms with Crippen LogP contribution in [0.2, 0.25) is 0 Å². The summed E-state index contributed by atoms with van der Waals surface area (Å²) in [6.07, 6.45) is 1.14. The second-order valence-corrected chi connectivity index (χ2v) is 6.45. The lowest BCUT2D eigenvalue weighted by Crippen LogP contribution is -2.34. The number of nitro benzene ring substituents is 1. The zero-order chi connectivity index (χ0) is 21.7. The highest BCUT2D eigenvalue weighted by atomic mass is 32.2. The van der Waals surface area contributed by atoms with Gasteiger partial charge in [-0.25, -0.2) is 0 Å². The van der Waals surface area contributed by atoms with Gasteiger partial charge in [0.1, 0.15) is 6.54 Å². The van der Waals surface area contributed by atoms with Gasteiger partial charge in [0.05, 0.1) is 29.1 Å². The van der Waals surface area contributed by atoms with Gasteiger partial charge >= 0.3 is 17.6 Å². The van der Waals surface area contributed by atoms with Crippen molar-refractivity contribution in [3.63, 3.8) is 0 Å². The number of methoxy groups -OCH3 is 1. The molecule has 0 atom stereocenters. The van der Waals surface area contributed by atoms with Crippen molar-refractivity contribution in [2.45, 2.75) is 13.8 Å². The molecule has 1 aliphatic heterocycles. The van der Waals surface area contributed by atoms with Crippen LogP contribution in [0.1, 0.15) is 19.4 Å². The fourth-order valence-corrected chi connectivity index (χ4v) is 3.19. The Bertz CT molecular complexity index is 926. The van der Waals surface area contributed by atoms with E-state index in [-0.39, 0.29) is 28.6 Å². The number of benzene rings is 1. The van der Waals surface area contributed by atoms with Crippen LogP contribution in [-0.4, -0.2) is 53.2 Å². The van der Waals surface area contributed by atoms with Gasteiger partial charge in [0.2, 0.25) is 5.75 Å². The molecule has 0 saturated carbocycles. The molecule has 29 heavy (non-hydrogen) atoms. The summed E-state index contributed by atoms with van der Waals surface area (Å²) in [5, 5.41) is 10.9. The highest BCUT2D eigenvalue weighted by Crippen LogP contribution is 2.42. The molecule has 0 aliphatic carbocycles. The van der Waals surface area contributed by atoms with E-state index >= 15 is 0 Å². The number of rotatable bonds is 7. The van der Waals surface area contributed by atoms with Crippen LogP contribution in [0.15, 0.2) is 17.0 Å². The minimum Gasteiger partial charge on any atom is -0.485 e. The van der Waals surface area contributed by atoms with Gasteiger partial charge in [0, 0.05) is 6.92 Å². The van der Waals surface area contributed by atoms with Crippen molar-refractivity contribution in [1.29, 1.82) is 0 Å². The maximum Gasteiger partial charge on any atom is 0.325 e. The molecule has 11 nitrogen and oxygen atoms in total. The SMILES string of the molecule is CCOc1c(OC(C)=O)ccc(/C=C2\SC(=O)N(CC(=O)OC)C2=O)c1[N+](=O)[O-]. The predicted molar refractivity (Wildman–Crippen MR) is 100 cm³/mol. The first-order chi connectivity index (χ1) is 13.7. The number of hydrogen-bond acceptors (Lipinski definition) is 10. The fraction of sp³-hybridized carbons (Fsp3) is 0.294. The molecular formula is C17H16N2O9S. The molecule has 12 heteroatoms. The van der Waals surface area contributed by atoms with Crippen molar-refractivity contribution in [2.75, 3.05) is 20.3 Å². The zero-order valence-corrected chi connectivity index (χ0v) is 16.4. The zero-order valence-electron chi connectivity index (χ0n) is 15.6. The molecule has 0 bridgehead atoms. The fourth-order valence-electron chi connectivity index (χ4n) is 2.36. The van der Waals surface area contributed by atoms with Gasteiger partial charge in [-0.15, -0.1) is 0 Å². The summed E-state index contributed by atoms with van der Waals surface area (Å²) in [6.45, 7) is 2.20. The van der Waals surface area contributed by atoms with Crippen molar-refractivity contribution in [3.05, 3.63) is 32.7 Å². The van der Waals surface area contributed by atoms with Crippen LogP contribution in [0.25, 0.3) is 6.08 Å². The lowest BCUT2D eigenvalue weighted by Gasteiger charge is -2.12. The number of amides is 2. The molecule has 1 heterocycles. The van der Waals surface area contributed by atoms with Gasteiger partial charge < -0.3 is 14.2 Å². The van der Waals surface area contributed by atoms with Crippen LogP contribution < -0.4 is 9.47 Å². The monoisotopic (exact) mass is 424 g/mol. The lowest BCUT2D eigenvalue weighted by atomic mass is 10.1. The Morgan fingerprint density at radius 2 is 2.00 bits per heavy atom. The summed E-state index contributed by atoms with van der Waals surface area (Å²) in [5.74, 6) is -2.71. The Balaban J connectivity index is 2.51. The molecule has 0 aromatic heterocycles. The van der Waals surface area contributed by atoms with Gasteiger partial charge in [-0.05, 0) is 36.9 Å². The summed E-state index contributed by atoms with van der Waals surface area (Å²) in [5.41, 5.74) is -0.580. The minimum absolute atomic E-state index is 0.0436. The van der Waals surface area contributed by atoms with Crippen molar-refractivity contribution in [1.82, 2.24) is 4.90 Å². The highest BCUT2D eigenvalue weighted by molar-refractivity contribution is 8.18. The van der Waals surface area contributed by atoms with E-state index in [0.29, 0.717) is 16.7 Å². The van der Waals surface area contributed by atoms with Crippen LogP contribution >= 0.6 is 11.8 Å². The number of nitro groups is 1. The number of carbonyl (C=O) groups is 4. The number of carbonyl (C=O) groups excluding carboxylic acids is 4. The number of esters is 2. The Labute approximate surface area is 168 Å². The molecule has 0 radical (unpaired) electrons. The van der Waals surface area contributed by atoms with Crippen molar-refractivity contribution in [3.8, 4) is 11.5 Å². The molecule has 1 aliphatic rings. The molecule has 1 aromatic rings. The van der Waals surface area contributed by atoms with Crippen LogP contribution in [0.4, 0.5) is 10.5 Å². The predicted octanol–water partition coefficient (Wildman–Crippen LogP) is 2.13. The maximum absolute atomic E-state index is 12.4. The van der Waals surface area contributed by atoms with Crippen molar-refractivity contribution < 1.29 is 38.3 Å². The normalized spacial score (nSPS) is 14.9. The van der Waals surface area contributed by atoms with Gasteiger partial charge in [0.25, 0.3) is 11.1 Å². The minimum atomic E-state index is -0.790. The van der Waals surface area contributed by atoms with Crippen LogP contribution in [0, 0.1) is 10.1 Å². The third-order valence-electron chi connectivity index (χ3n) is 3.53. The first-order valence-electron chi connectivity index (χ1n) is 8.14. The standard InChI is InChI=1S/C17H16N2O9S/c1-4-27-15-11(28-9(2)20)6-5-10(14(15)19(24)25)7-12-16(22)18(17(23)29-12)8-13(21)26-3/h5-7H,4,8H2,1-3H3/b12-7-. The molecule has 2 amide bonds. The molecular weight excluding hydrogens is 408 g/mol. The molecule has 154 valence electrons. The average Bonchev–Trinajstić information content (AvgIpc) is 2.90. The van der Waals surface area contributed by atoms with E-state index in [4.69, 9.17) is 9.47 Å². The van der Waals surface area contributed by atoms with Gasteiger partial charge in [-0.2, -0.15) is 0 Å². The van der Waals surface area contributed by atoms with E-state index in [1.807, 2.05) is 0 Å². The summed E-state index contributed by atoms with van der Waals surface area (Å²) in [7, 11) is 1.11. The first-order valence-corrected chi connectivity index (χ1v) is 8.96. The number of ether oxygens (including phenoxy) is 3.